The van der Waals surface area contributed by atoms with E-state index >= 15 is 0 Å². The maximum atomic E-state index is 5.42. The highest BCUT2D eigenvalue weighted by Gasteiger charge is 2.00. The van der Waals surface area contributed by atoms with E-state index in [1.54, 1.807) is 0 Å². The molecule has 0 spiro atoms. The van der Waals surface area contributed by atoms with E-state index < -0.39 is 0 Å². The van der Waals surface area contributed by atoms with Crippen LogP contribution in [0, 0.1) is 20.8 Å². The number of rotatable bonds is 4. The first-order chi connectivity index (χ1) is 6.65. The molecule has 2 heteroatoms. The molecule has 3 N–H and O–H groups in total. The molecule has 78 valence electrons. The first kappa shape index (κ1) is 11.2. The van der Waals surface area contributed by atoms with Crippen LogP contribution < -0.4 is 11.1 Å². The zero-order chi connectivity index (χ0) is 10.6. The summed E-state index contributed by atoms with van der Waals surface area (Å²) in [6.45, 7) is 8.97. The standard InChI is InChI=1S/C12H20N2/c1-9-6-11(3)12(7-10(9)2)8-14-5-4-13/h6-7,14H,4-5,8,13H2,1-3H3. The van der Waals surface area contributed by atoms with E-state index in [4.69, 9.17) is 5.73 Å². The molecule has 0 bridgehead atoms. The summed E-state index contributed by atoms with van der Waals surface area (Å²) in [7, 11) is 0. The second-order valence-corrected chi connectivity index (χ2v) is 3.83. The van der Waals surface area contributed by atoms with Crippen LogP contribution in [0.15, 0.2) is 12.1 Å². The van der Waals surface area contributed by atoms with Crippen molar-refractivity contribution in [2.45, 2.75) is 27.3 Å². The van der Waals surface area contributed by atoms with E-state index in [0.717, 1.165) is 13.1 Å². The Hall–Kier alpha value is -0.860. The lowest BCUT2D eigenvalue weighted by molar-refractivity contribution is 0.692. The molecular formula is C12H20N2. The second kappa shape index (κ2) is 5.13. The number of hydrogen-bond acceptors (Lipinski definition) is 2. The Bertz CT molecular complexity index is 305. The van der Waals surface area contributed by atoms with E-state index in [0.29, 0.717) is 6.54 Å². The third-order valence-electron chi connectivity index (χ3n) is 2.59. The Kier molecular flexibility index (Phi) is 4.11. The molecule has 0 atom stereocenters. The fraction of sp³-hybridized carbons (Fsp3) is 0.500. The highest BCUT2D eigenvalue weighted by atomic mass is 14.9. The minimum absolute atomic E-state index is 0.698. The van der Waals surface area contributed by atoms with E-state index in [2.05, 4.69) is 38.2 Å². The molecule has 0 aliphatic rings. The van der Waals surface area contributed by atoms with Gasteiger partial charge in [0.25, 0.3) is 0 Å². The van der Waals surface area contributed by atoms with Gasteiger partial charge in [-0.15, -0.1) is 0 Å². The van der Waals surface area contributed by atoms with Gasteiger partial charge in [0.05, 0.1) is 0 Å². The molecule has 0 saturated carbocycles. The van der Waals surface area contributed by atoms with E-state index in [1.807, 2.05) is 0 Å². The highest BCUT2D eigenvalue weighted by molar-refractivity contribution is 5.36. The van der Waals surface area contributed by atoms with Crippen LogP contribution in [0.4, 0.5) is 0 Å². The molecule has 1 aromatic rings. The molecule has 0 aliphatic heterocycles. The van der Waals surface area contributed by atoms with Gasteiger partial charge in [-0.25, -0.2) is 0 Å². The Morgan fingerprint density at radius 2 is 1.71 bits per heavy atom. The lowest BCUT2D eigenvalue weighted by atomic mass is 10.0. The second-order valence-electron chi connectivity index (χ2n) is 3.83. The molecule has 0 amide bonds. The van der Waals surface area contributed by atoms with Crippen molar-refractivity contribution >= 4 is 0 Å². The summed E-state index contributed by atoms with van der Waals surface area (Å²) in [6.07, 6.45) is 0. The first-order valence-corrected chi connectivity index (χ1v) is 5.12. The summed E-state index contributed by atoms with van der Waals surface area (Å²) in [6, 6.07) is 4.50. The zero-order valence-corrected chi connectivity index (χ0v) is 9.35. The molecule has 1 rings (SSSR count). The number of aryl methyl sites for hydroxylation is 3. The quantitative estimate of drug-likeness (QED) is 0.712. The van der Waals surface area contributed by atoms with Crippen molar-refractivity contribution in [3.8, 4) is 0 Å². The molecule has 0 saturated heterocycles. The van der Waals surface area contributed by atoms with Gasteiger partial charge < -0.3 is 11.1 Å². The van der Waals surface area contributed by atoms with Gasteiger partial charge in [-0.3, -0.25) is 0 Å². The summed E-state index contributed by atoms with van der Waals surface area (Å²) in [5.74, 6) is 0. The first-order valence-electron chi connectivity index (χ1n) is 5.12. The monoisotopic (exact) mass is 192 g/mol. The largest absolute Gasteiger partial charge is 0.329 e. The highest BCUT2D eigenvalue weighted by Crippen LogP contribution is 2.14. The van der Waals surface area contributed by atoms with Crippen molar-refractivity contribution in [3.05, 3.63) is 34.4 Å². The summed E-state index contributed by atoms with van der Waals surface area (Å²) in [5, 5.41) is 3.31. The van der Waals surface area contributed by atoms with Crippen LogP contribution in [-0.4, -0.2) is 13.1 Å². The molecule has 1 aromatic carbocycles. The molecule has 2 nitrogen and oxygen atoms in total. The van der Waals surface area contributed by atoms with Gasteiger partial charge >= 0.3 is 0 Å². The zero-order valence-electron chi connectivity index (χ0n) is 9.35. The molecule has 14 heavy (non-hydrogen) atoms. The van der Waals surface area contributed by atoms with Gasteiger partial charge in [-0.1, -0.05) is 12.1 Å². The van der Waals surface area contributed by atoms with Crippen molar-refractivity contribution < 1.29 is 0 Å². The van der Waals surface area contributed by atoms with Crippen LogP contribution in [-0.2, 0) is 6.54 Å². The van der Waals surface area contributed by atoms with E-state index in [1.165, 1.54) is 22.3 Å². The number of nitrogens with two attached hydrogens (primary N) is 1. The molecular weight excluding hydrogens is 172 g/mol. The summed E-state index contributed by atoms with van der Waals surface area (Å²) >= 11 is 0. The maximum absolute atomic E-state index is 5.42. The average molecular weight is 192 g/mol. The van der Waals surface area contributed by atoms with Crippen LogP contribution in [0.3, 0.4) is 0 Å². The van der Waals surface area contributed by atoms with E-state index in [9.17, 15) is 0 Å². The minimum Gasteiger partial charge on any atom is -0.329 e. The minimum atomic E-state index is 0.698. The number of benzene rings is 1. The molecule has 0 radical (unpaired) electrons. The van der Waals surface area contributed by atoms with E-state index in [-0.39, 0.29) is 0 Å². The smallest absolute Gasteiger partial charge is 0.0208 e. The number of hydrogen-bond donors (Lipinski definition) is 2. The van der Waals surface area contributed by atoms with Gasteiger partial charge in [0.1, 0.15) is 0 Å². The van der Waals surface area contributed by atoms with Gasteiger partial charge in [0.15, 0.2) is 0 Å². The Balaban J connectivity index is 2.72. The fourth-order valence-corrected chi connectivity index (χ4v) is 1.54. The summed E-state index contributed by atoms with van der Waals surface area (Å²) < 4.78 is 0. The van der Waals surface area contributed by atoms with Gasteiger partial charge in [-0.2, -0.15) is 0 Å². The predicted octanol–water partition coefficient (Wildman–Crippen LogP) is 1.66. The van der Waals surface area contributed by atoms with Crippen molar-refractivity contribution in [3.63, 3.8) is 0 Å². The van der Waals surface area contributed by atoms with Crippen LogP contribution in [0.25, 0.3) is 0 Å². The lowest BCUT2D eigenvalue weighted by Crippen LogP contribution is -2.22. The van der Waals surface area contributed by atoms with Gasteiger partial charge in [-0.05, 0) is 43.0 Å². The Labute approximate surface area is 86.5 Å². The fourth-order valence-electron chi connectivity index (χ4n) is 1.54. The van der Waals surface area contributed by atoms with Gasteiger partial charge in [0, 0.05) is 19.6 Å². The Morgan fingerprint density at radius 1 is 1.07 bits per heavy atom. The molecule has 0 fully saturated rings. The van der Waals surface area contributed by atoms with Crippen molar-refractivity contribution in [2.24, 2.45) is 5.73 Å². The Morgan fingerprint density at radius 3 is 2.36 bits per heavy atom. The van der Waals surface area contributed by atoms with Crippen molar-refractivity contribution in [1.82, 2.24) is 5.32 Å². The van der Waals surface area contributed by atoms with Crippen LogP contribution in [0.1, 0.15) is 22.3 Å². The molecule has 0 aliphatic carbocycles. The van der Waals surface area contributed by atoms with Crippen LogP contribution in [0.5, 0.6) is 0 Å². The number of nitrogens with one attached hydrogen (secondary N) is 1. The summed E-state index contributed by atoms with van der Waals surface area (Å²) in [5.41, 5.74) is 10.9. The molecule has 0 aromatic heterocycles. The van der Waals surface area contributed by atoms with Crippen LogP contribution >= 0.6 is 0 Å². The lowest BCUT2D eigenvalue weighted by Gasteiger charge is -2.10. The van der Waals surface area contributed by atoms with Crippen LogP contribution in [0.2, 0.25) is 0 Å². The third kappa shape index (κ3) is 2.82. The molecule has 0 unspecified atom stereocenters. The predicted molar refractivity (Wildman–Crippen MR) is 61.4 cm³/mol. The normalized spacial score (nSPS) is 10.6. The molecule has 0 heterocycles. The van der Waals surface area contributed by atoms with Gasteiger partial charge in [0.2, 0.25) is 0 Å². The topological polar surface area (TPSA) is 38.0 Å². The maximum Gasteiger partial charge on any atom is 0.0208 e. The summed E-state index contributed by atoms with van der Waals surface area (Å²) in [4.78, 5) is 0. The average Bonchev–Trinajstić information content (AvgIpc) is 2.14. The van der Waals surface area contributed by atoms with Crippen molar-refractivity contribution in [1.29, 1.82) is 0 Å². The van der Waals surface area contributed by atoms with Crippen molar-refractivity contribution in [2.75, 3.05) is 13.1 Å². The SMILES string of the molecule is Cc1cc(C)c(CNCCN)cc1C. The third-order valence-corrected chi connectivity index (χ3v) is 2.59.